The zero-order valence-electron chi connectivity index (χ0n) is 9.45. The van der Waals surface area contributed by atoms with Gasteiger partial charge < -0.3 is 0 Å². The minimum Gasteiger partial charge on any atom is -0.267 e. The Balaban J connectivity index is 2.88. The molecule has 10 heteroatoms. The lowest BCUT2D eigenvalue weighted by atomic mass is 10.4. The highest BCUT2D eigenvalue weighted by atomic mass is 35.7. The van der Waals surface area contributed by atoms with E-state index in [9.17, 15) is 21.6 Å². The van der Waals surface area contributed by atoms with Gasteiger partial charge in [0.2, 0.25) is 0 Å². The molecule has 0 bridgehead atoms. The monoisotopic (exact) mass is 322 g/mol. The molecule has 0 N–H and O–H groups in total. The number of halogens is 4. The number of aryl methyl sites for hydroxylation is 2. The maximum Gasteiger partial charge on any atom is 0.441 e. The summed E-state index contributed by atoms with van der Waals surface area (Å²) < 4.78 is 59.6. The van der Waals surface area contributed by atoms with Crippen molar-refractivity contribution in [1.82, 2.24) is 9.78 Å². The average Bonchev–Trinajstić information content (AvgIpc) is 2.38. The van der Waals surface area contributed by atoms with E-state index in [0.29, 0.717) is 0 Å². The first kappa shape index (κ1) is 15.6. The van der Waals surface area contributed by atoms with Gasteiger partial charge in [0.05, 0.1) is 17.9 Å². The summed E-state index contributed by atoms with van der Waals surface area (Å²) in [5.74, 6) is -0.243. The lowest BCUT2D eigenvalue weighted by Crippen LogP contribution is -2.09. The summed E-state index contributed by atoms with van der Waals surface area (Å²) in [5, 5.41) is 3.87. The topological polar surface area (TPSA) is 52.0 Å². The molecule has 0 aliphatic heterocycles. The lowest BCUT2D eigenvalue weighted by molar-refractivity contribution is -0.0328. The van der Waals surface area contributed by atoms with Gasteiger partial charge in [-0.1, -0.05) is 0 Å². The van der Waals surface area contributed by atoms with Gasteiger partial charge in [-0.15, -0.1) is 0 Å². The Morgan fingerprint density at radius 3 is 2.33 bits per heavy atom. The highest BCUT2D eigenvalue weighted by Gasteiger charge is 2.28. The third kappa shape index (κ3) is 4.06. The van der Waals surface area contributed by atoms with Gasteiger partial charge >= 0.3 is 5.51 Å². The van der Waals surface area contributed by atoms with Crippen LogP contribution in [0.1, 0.15) is 11.4 Å². The van der Waals surface area contributed by atoms with Crippen LogP contribution in [0, 0.1) is 13.8 Å². The van der Waals surface area contributed by atoms with Gasteiger partial charge in [-0.3, -0.25) is 4.68 Å². The van der Waals surface area contributed by atoms with E-state index < -0.39 is 14.6 Å². The van der Waals surface area contributed by atoms with Crippen LogP contribution in [0.2, 0.25) is 0 Å². The van der Waals surface area contributed by atoms with Crippen LogP contribution in [0.5, 0.6) is 0 Å². The molecule has 104 valence electrons. The smallest absolute Gasteiger partial charge is 0.267 e. The second kappa shape index (κ2) is 5.30. The second-order valence-electron chi connectivity index (χ2n) is 3.46. The molecule has 1 rings (SSSR count). The van der Waals surface area contributed by atoms with E-state index >= 15 is 0 Å². The summed E-state index contributed by atoms with van der Waals surface area (Å²) in [7, 11) is 1.29. The van der Waals surface area contributed by atoms with E-state index in [4.69, 9.17) is 10.7 Å². The van der Waals surface area contributed by atoms with Gasteiger partial charge in [0, 0.05) is 16.4 Å². The van der Waals surface area contributed by atoms with Crippen molar-refractivity contribution in [3.8, 4) is 0 Å². The fourth-order valence-electron chi connectivity index (χ4n) is 1.50. The van der Waals surface area contributed by atoms with Crippen molar-refractivity contribution < 1.29 is 21.6 Å². The lowest BCUT2D eigenvalue weighted by Gasteiger charge is -2.06. The standard InChI is InChI=1S/C8H10ClF3N2O2S2/c1-5-7(18(9,15)16)6(2)14(13-5)3-4-17-8(10,11)12/h3-4H2,1-2H3. The van der Waals surface area contributed by atoms with Crippen LogP contribution in [0.15, 0.2) is 4.90 Å². The van der Waals surface area contributed by atoms with Crippen molar-refractivity contribution in [3.05, 3.63) is 11.4 Å². The number of alkyl halides is 3. The molecular weight excluding hydrogens is 313 g/mol. The molecule has 1 aromatic heterocycles. The summed E-state index contributed by atoms with van der Waals surface area (Å²) in [6.45, 7) is 2.85. The molecule has 0 saturated carbocycles. The third-order valence-corrected chi connectivity index (χ3v) is 4.38. The zero-order valence-corrected chi connectivity index (χ0v) is 11.8. The maximum atomic E-state index is 11.9. The van der Waals surface area contributed by atoms with E-state index in [1.54, 1.807) is 0 Å². The Bertz CT molecular complexity index is 539. The van der Waals surface area contributed by atoms with Crippen LogP contribution in [0.4, 0.5) is 13.2 Å². The number of thioether (sulfide) groups is 1. The van der Waals surface area contributed by atoms with E-state index in [1.807, 2.05) is 0 Å². The van der Waals surface area contributed by atoms with Crippen molar-refractivity contribution in [2.75, 3.05) is 5.75 Å². The van der Waals surface area contributed by atoms with Crippen LogP contribution < -0.4 is 0 Å². The molecule has 4 nitrogen and oxygen atoms in total. The number of nitrogens with zero attached hydrogens (tertiary/aromatic N) is 2. The molecule has 0 spiro atoms. The minimum absolute atomic E-state index is 0.0384. The SMILES string of the molecule is Cc1nn(CCSC(F)(F)F)c(C)c1S(=O)(=O)Cl. The Morgan fingerprint density at radius 2 is 1.94 bits per heavy atom. The third-order valence-electron chi connectivity index (χ3n) is 2.13. The molecule has 0 unspecified atom stereocenters. The fourth-order valence-corrected chi connectivity index (χ4v) is 3.52. The van der Waals surface area contributed by atoms with Crippen LogP contribution >= 0.6 is 22.4 Å². The second-order valence-corrected chi connectivity index (χ2v) is 7.12. The van der Waals surface area contributed by atoms with Gasteiger partial charge in [-0.25, -0.2) is 8.42 Å². The van der Waals surface area contributed by atoms with E-state index in [1.165, 1.54) is 18.5 Å². The predicted octanol–water partition coefficient (Wildman–Crippen LogP) is 2.68. The Morgan fingerprint density at radius 1 is 1.39 bits per heavy atom. The molecule has 0 radical (unpaired) electrons. The van der Waals surface area contributed by atoms with Gasteiger partial charge in [0.25, 0.3) is 9.05 Å². The highest BCUT2D eigenvalue weighted by Crippen LogP contribution is 2.30. The molecule has 0 amide bonds. The molecule has 0 fully saturated rings. The summed E-state index contributed by atoms with van der Waals surface area (Å²) in [6, 6.07) is 0. The van der Waals surface area contributed by atoms with E-state index in [-0.39, 0.29) is 40.3 Å². The molecule has 0 aliphatic carbocycles. The Labute approximate surface area is 111 Å². The number of rotatable bonds is 4. The fraction of sp³-hybridized carbons (Fsp3) is 0.625. The van der Waals surface area contributed by atoms with Gasteiger partial charge in [-0.05, 0) is 25.6 Å². The van der Waals surface area contributed by atoms with Crippen molar-refractivity contribution in [1.29, 1.82) is 0 Å². The van der Waals surface area contributed by atoms with Gasteiger partial charge in [0.1, 0.15) is 4.90 Å². The molecule has 0 aromatic carbocycles. The zero-order chi connectivity index (χ0) is 14.1. The van der Waals surface area contributed by atoms with E-state index in [2.05, 4.69) is 5.10 Å². The summed E-state index contributed by atoms with van der Waals surface area (Å²) in [4.78, 5) is -0.138. The van der Waals surface area contributed by atoms with E-state index in [0.717, 1.165) is 0 Å². The molecule has 1 heterocycles. The first-order valence-electron chi connectivity index (χ1n) is 4.71. The summed E-state index contributed by atoms with van der Waals surface area (Å²) in [6.07, 6.45) is 0. The summed E-state index contributed by atoms with van der Waals surface area (Å²) >= 11 is -0.184. The number of hydrogen-bond acceptors (Lipinski definition) is 4. The van der Waals surface area contributed by atoms with Crippen LogP contribution in [0.25, 0.3) is 0 Å². The molecule has 0 aliphatic rings. The Kier molecular flexibility index (Phi) is 4.60. The first-order valence-corrected chi connectivity index (χ1v) is 8.01. The largest absolute Gasteiger partial charge is 0.441 e. The normalized spacial score (nSPS) is 13.0. The molecule has 18 heavy (non-hydrogen) atoms. The van der Waals surface area contributed by atoms with Crippen molar-refractivity contribution >= 4 is 31.5 Å². The van der Waals surface area contributed by atoms with Crippen LogP contribution in [-0.4, -0.2) is 29.5 Å². The maximum absolute atomic E-state index is 11.9. The molecular formula is C8H10ClF3N2O2S2. The molecule has 1 aromatic rings. The quantitative estimate of drug-likeness (QED) is 0.800. The van der Waals surface area contributed by atoms with Crippen LogP contribution in [0.3, 0.4) is 0 Å². The Hall–Kier alpha value is -0.410. The van der Waals surface area contributed by atoms with Crippen molar-refractivity contribution in [3.63, 3.8) is 0 Å². The number of aromatic nitrogens is 2. The van der Waals surface area contributed by atoms with Gasteiger partial charge in [-0.2, -0.15) is 18.3 Å². The van der Waals surface area contributed by atoms with Crippen LogP contribution in [-0.2, 0) is 15.6 Å². The highest BCUT2D eigenvalue weighted by molar-refractivity contribution is 8.13. The number of hydrogen-bond donors (Lipinski definition) is 0. The van der Waals surface area contributed by atoms with Crippen molar-refractivity contribution in [2.45, 2.75) is 30.8 Å². The first-order chi connectivity index (χ1) is 8.02. The average molecular weight is 323 g/mol. The van der Waals surface area contributed by atoms with Gasteiger partial charge in [0.15, 0.2) is 0 Å². The predicted molar refractivity (Wildman–Crippen MR) is 63.3 cm³/mol. The molecule has 0 atom stereocenters. The molecule has 0 saturated heterocycles. The summed E-state index contributed by atoms with van der Waals surface area (Å²) in [5.41, 5.74) is -3.89. The minimum atomic E-state index is -4.31. The van der Waals surface area contributed by atoms with Crippen molar-refractivity contribution in [2.24, 2.45) is 0 Å².